The van der Waals surface area contributed by atoms with E-state index in [2.05, 4.69) is 88.3 Å². The molecule has 2 atom stereocenters. The van der Waals surface area contributed by atoms with Crippen molar-refractivity contribution in [2.75, 3.05) is 54.9 Å². The second kappa shape index (κ2) is 11.2. The van der Waals surface area contributed by atoms with E-state index in [-0.39, 0.29) is 5.92 Å². The van der Waals surface area contributed by atoms with E-state index in [1.54, 1.807) is 12.7 Å². The molecule has 3 aromatic carbocycles. The molecule has 0 aliphatic carbocycles. The maximum absolute atomic E-state index is 6.58. The SMILES string of the molecule is Cc1ccc(C2(Cn3cncn3)CC(COc3ccc(N4CCN(c5ccc(N)cc5)CC4)cc3)CO2)c(C)c1. The van der Waals surface area contributed by atoms with Gasteiger partial charge in [-0.05, 0) is 79.9 Å². The number of ether oxygens (including phenoxy) is 2. The van der Waals surface area contributed by atoms with E-state index in [0.29, 0.717) is 19.8 Å². The summed E-state index contributed by atoms with van der Waals surface area (Å²) in [7, 11) is 0. The number of nitrogens with two attached hydrogens (primary N) is 1. The van der Waals surface area contributed by atoms with Crippen LogP contribution < -0.4 is 20.3 Å². The highest BCUT2D eigenvalue weighted by Gasteiger charge is 2.43. The third kappa shape index (κ3) is 5.63. The van der Waals surface area contributed by atoms with E-state index in [9.17, 15) is 0 Å². The zero-order chi connectivity index (χ0) is 27.5. The third-order valence-corrected chi connectivity index (χ3v) is 8.20. The first kappa shape index (κ1) is 26.2. The first-order valence-electron chi connectivity index (χ1n) is 14.1. The topological polar surface area (TPSA) is 81.7 Å². The van der Waals surface area contributed by atoms with Crippen LogP contribution in [-0.2, 0) is 16.9 Å². The highest BCUT2D eigenvalue weighted by molar-refractivity contribution is 5.55. The zero-order valence-electron chi connectivity index (χ0n) is 23.4. The van der Waals surface area contributed by atoms with Gasteiger partial charge < -0.3 is 25.0 Å². The van der Waals surface area contributed by atoms with Crippen molar-refractivity contribution >= 4 is 17.1 Å². The molecule has 1 aromatic heterocycles. The Hall–Kier alpha value is -4.04. The van der Waals surface area contributed by atoms with Gasteiger partial charge in [-0.15, -0.1) is 0 Å². The van der Waals surface area contributed by atoms with Crippen molar-refractivity contribution in [3.05, 3.63) is 96.1 Å². The van der Waals surface area contributed by atoms with E-state index >= 15 is 0 Å². The third-order valence-electron chi connectivity index (χ3n) is 8.20. The van der Waals surface area contributed by atoms with Crippen molar-refractivity contribution in [1.29, 1.82) is 0 Å². The fraction of sp³-hybridized carbons (Fsp3) is 0.375. The predicted molar refractivity (Wildman–Crippen MR) is 159 cm³/mol. The Bertz CT molecular complexity index is 1400. The molecule has 4 aromatic rings. The van der Waals surface area contributed by atoms with Crippen LogP contribution in [0.5, 0.6) is 5.75 Å². The lowest BCUT2D eigenvalue weighted by Crippen LogP contribution is -2.46. The lowest BCUT2D eigenvalue weighted by molar-refractivity contribution is -0.0184. The molecule has 2 N–H and O–H groups in total. The zero-order valence-corrected chi connectivity index (χ0v) is 23.4. The summed E-state index contributed by atoms with van der Waals surface area (Å²) in [4.78, 5) is 8.99. The van der Waals surface area contributed by atoms with Gasteiger partial charge in [0.2, 0.25) is 0 Å². The van der Waals surface area contributed by atoms with Crippen LogP contribution in [0.3, 0.4) is 0 Å². The second-order valence-corrected chi connectivity index (χ2v) is 11.2. The summed E-state index contributed by atoms with van der Waals surface area (Å²) in [6, 6.07) is 23.3. The number of hydrogen-bond acceptors (Lipinski definition) is 7. The highest BCUT2D eigenvalue weighted by atomic mass is 16.5. The van der Waals surface area contributed by atoms with Gasteiger partial charge in [0.15, 0.2) is 0 Å². The van der Waals surface area contributed by atoms with Crippen molar-refractivity contribution in [2.24, 2.45) is 5.92 Å². The molecule has 0 bridgehead atoms. The first-order chi connectivity index (χ1) is 19.5. The Morgan fingerprint density at radius 3 is 2.23 bits per heavy atom. The van der Waals surface area contributed by atoms with Gasteiger partial charge in [0.25, 0.3) is 0 Å². The summed E-state index contributed by atoms with van der Waals surface area (Å²) in [5.41, 5.74) is 12.4. The average molecular weight is 539 g/mol. The maximum atomic E-state index is 6.58. The fourth-order valence-corrected chi connectivity index (χ4v) is 6.13. The van der Waals surface area contributed by atoms with E-state index < -0.39 is 5.60 Å². The Balaban J connectivity index is 1.06. The van der Waals surface area contributed by atoms with Crippen LogP contribution in [0.1, 0.15) is 23.1 Å². The summed E-state index contributed by atoms with van der Waals surface area (Å²) in [6.07, 6.45) is 4.21. The maximum Gasteiger partial charge on any atom is 0.137 e. The van der Waals surface area contributed by atoms with E-state index in [0.717, 1.165) is 44.0 Å². The van der Waals surface area contributed by atoms with Crippen molar-refractivity contribution in [2.45, 2.75) is 32.4 Å². The number of rotatable bonds is 8. The number of benzene rings is 3. The minimum atomic E-state index is -0.447. The fourth-order valence-electron chi connectivity index (χ4n) is 6.13. The molecule has 0 saturated carbocycles. The van der Waals surface area contributed by atoms with Gasteiger partial charge in [-0.2, -0.15) is 5.10 Å². The van der Waals surface area contributed by atoms with Crippen LogP contribution >= 0.6 is 0 Å². The average Bonchev–Trinajstić information content (AvgIpc) is 3.63. The molecule has 2 unspecified atom stereocenters. The van der Waals surface area contributed by atoms with E-state index in [4.69, 9.17) is 15.2 Å². The number of aryl methyl sites for hydroxylation is 2. The van der Waals surface area contributed by atoms with Crippen molar-refractivity contribution < 1.29 is 9.47 Å². The standard InChI is InChI=1S/C32H38N6O2/c1-24-3-12-31(25(2)17-24)32(21-38-23-34-22-35-38)18-26(20-40-32)19-39-30-10-8-29(9-11-30)37-15-13-36(14-16-37)28-6-4-27(33)5-7-28/h3-12,17,22-23,26H,13-16,18-21,33H2,1-2H3. The number of nitrogen functional groups attached to an aromatic ring is 1. The quantitative estimate of drug-likeness (QED) is 0.322. The predicted octanol–water partition coefficient (Wildman–Crippen LogP) is 4.81. The Kier molecular flexibility index (Phi) is 7.34. The second-order valence-electron chi connectivity index (χ2n) is 11.2. The minimum Gasteiger partial charge on any atom is -0.493 e. The molecule has 2 aliphatic heterocycles. The minimum absolute atomic E-state index is 0.283. The van der Waals surface area contributed by atoms with Crippen LogP contribution in [-0.4, -0.2) is 54.2 Å². The Labute approximate surface area is 236 Å². The Morgan fingerprint density at radius 2 is 1.60 bits per heavy atom. The normalized spacial score (nSPS) is 21.1. The molecule has 0 radical (unpaired) electrons. The summed E-state index contributed by atoms with van der Waals surface area (Å²) < 4.78 is 14.7. The van der Waals surface area contributed by atoms with E-state index in [1.807, 2.05) is 16.8 Å². The van der Waals surface area contributed by atoms with Crippen LogP contribution in [0, 0.1) is 19.8 Å². The smallest absolute Gasteiger partial charge is 0.137 e. The molecule has 6 rings (SSSR count). The molecule has 40 heavy (non-hydrogen) atoms. The molecule has 2 fully saturated rings. The first-order valence-corrected chi connectivity index (χ1v) is 14.1. The molecule has 2 saturated heterocycles. The van der Waals surface area contributed by atoms with Gasteiger partial charge in [-0.3, -0.25) is 0 Å². The largest absolute Gasteiger partial charge is 0.493 e. The monoisotopic (exact) mass is 538 g/mol. The number of anilines is 3. The summed E-state index contributed by atoms with van der Waals surface area (Å²) in [5.74, 6) is 1.18. The van der Waals surface area contributed by atoms with Crippen LogP contribution in [0.15, 0.2) is 79.4 Å². The number of aromatic nitrogens is 3. The lowest BCUT2D eigenvalue weighted by Gasteiger charge is -2.37. The number of piperazine rings is 1. The van der Waals surface area contributed by atoms with Gasteiger partial charge in [0.1, 0.15) is 24.0 Å². The van der Waals surface area contributed by atoms with Crippen molar-refractivity contribution in [3.8, 4) is 5.75 Å². The molecule has 8 nitrogen and oxygen atoms in total. The van der Waals surface area contributed by atoms with Gasteiger partial charge in [-0.25, -0.2) is 9.67 Å². The molecule has 2 aliphatic rings. The van der Waals surface area contributed by atoms with E-state index in [1.165, 1.54) is 28.1 Å². The number of hydrogen-bond donors (Lipinski definition) is 1. The summed E-state index contributed by atoms with van der Waals surface area (Å²) >= 11 is 0. The van der Waals surface area contributed by atoms with Crippen LogP contribution in [0.4, 0.5) is 17.1 Å². The molecule has 3 heterocycles. The lowest BCUT2D eigenvalue weighted by atomic mass is 9.84. The molecule has 0 spiro atoms. The summed E-state index contributed by atoms with van der Waals surface area (Å²) in [5, 5.41) is 4.37. The molecule has 0 amide bonds. The van der Waals surface area contributed by atoms with Gasteiger partial charge in [-0.1, -0.05) is 23.8 Å². The highest BCUT2D eigenvalue weighted by Crippen LogP contribution is 2.42. The molecular weight excluding hydrogens is 500 g/mol. The van der Waals surface area contributed by atoms with Crippen molar-refractivity contribution in [3.63, 3.8) is 0 Å². The van der Waals surface area contributed by atoms with Crippen LogP contribution in [0.2, 0.25) is 0 Å². The van der Waals surface area contributed by atoms with Crippen LogP contribution in [0.25, 0.3) is 0 Å². The molecule has 8 heteroatoms. The summed E-state index contributed by atoms with van der Waals surface area (Å²) in [6.45, 7) is 10.1. The van der Waals surface area contributed by atoms with Gasteiger partial charge >= 0.3 is 0 Å². The Morgan fingerprint density at radius 1 is 0.925 bits per heavy atom. The molecule has 208 valence electrons. The number of nitrogens with zero attached hydrogens (tertiary/aromatic N) is 5. The van der Waals surface area contributed by atoms with Gasteiger partial charge in [0.05, 0.1) is 19.8 Å². The van der Waals surface area contributed by atoms with Gasteiger partial charge in [0, 0.05) is 49.2 Å². The molecular formula is C32H38N6O2. The van der Waals surface area contributed by atoms with Crippen molar-refractivity contribution in [1.82, 2.24) is 14.8 Å².